The summed E-state index contributed by atoms with van der Waals surface area (Å²) >= 11 is 0. The van der Waals surface area contributed by atoms with Crippen molar-refractivity contribution >= 4 is 53.4 Å². The molecule has 3 rings (SSSR count). The van der Waals surface area contributed by atoms with Crippen LogP contribution in [-0.2, 0) is 28.8 Å². The number of rotatable bonds is 27. The summed E-state index contributed by atoms with van der Waals surface area (Å²) in [5.74, 6) is -13.8. The Hall–Kier alpha value is -8.35. The summed E-state index contributed by atoms with van der Waals surface area (Å²) in [6.07, 6.45) is -2.90. The van der Waals surface area contributed by atoms with E-state index in [1.165, 1.54) is 18.2 Å². The lowest BCUT2D eigenvalue weighted by Crippen LogP contribution is -2.51. The minimum Gasteiger partial charge on any atom is -0.504 e. The lowest BCUT2D eigenvalue weighted by atomic mass is 10.1. The van der Waals surface area contributed by atoms with Crippen LogP contribution in [0.25, 0.3) is 0 Å². The van der Waals surface area contributed by atoms with E-state index in [0.717, 1.165) is 36.4 Å². The van der Waals surface area contributed by atoms with Gasteiger partial charge in [-0.25, -0.2) is 0 Å². The van der Waals surface area contributed by atoms with Crippen LogP contribution in [0.2, 0.25) is 0 Å². The highest BCUT2D eigenvalue weighted by Gasteiger charge is 2.28. The van der Waals surface area contributed by atoms with E-state index in [1.54, 1.807) is 4.90 Å². The first kappa shape index (κ1) is 53.0. The number of carboxylic acids is 3. The fraction of sp³-hybridized carbons (Fsp3) is 0.357. The average Bonchev–Trinajstić information content (AvgIpc) is 3.27. The standard InChI is InChI=1S/C42H51N7O18/c50-28-7-1-4-22(34(28)59)37(62)46-25(10-13-31(53)54)40(65)43-16-19-49(20-17-44-41(66)26(11-14-32(55)56)47-38(63)23-5-2-8-29(51)35(23)60)21-18-45-42(67)27(12-15-33(57)58)48-39(64)24-6-3-9-30(52)36(24)61/h1-9,25-27,50-52,59-61H,10-21H2,(H,43,65)(H,44,66)(H,45,67)(H,46,62)(H,47,63)(H,48,64)(H,53,54)(H,55,56)(H,57,58). The van der Waals surface area contributed by atoms with Gasteiger partial charge in [-0.2, -0.15) is 0 Å². The molecule has 0 aliphatic heterocycles. The molecule has 0 aliphatic rings. The summed E-state index contributed by atoms with van der Waals surface area (Å²) in [5, 5.41) is 102. The van der Waals surface area contributed by atoms with Crippen molar-refractivity contribution < 1.29 is 89.1 Å². The van der Waals surface area contributed by atoms with Gasteiger partial charge in [-0.3, -0.25) is 48.1 Å². The van der Waals surface area contributed by atoms with Crippen LogP contribution in [0, 0.1) is 0 Å². The van der Waals surface area contributed by atoms with Crippen molar-refractivity contribution in [3.63, 3.8) is 0 Å². The van der Waals surface area contributed by atoms with E-state index >= 15 is 0 Å². The van der Waals surface area contributed by atoms with Gasteiger partial charge in [-0.15, -0.1) is 0 Å². The SMILES string of the molecule is O=C(O)CCC(NC(=O)c1cccc(O)c1O)C(=O)NCCN(CCNC(=O)C(CCC(=O)O)NC(=O)c1cccc(O)c1O)CCNC(=O)C(CCC(=O)O)NC(=O)c1cccc(O)c1O. The van der Waals surface area contributed by atoms with Crippen LogP contribution in [-0.4, -0.2) is 162 Å². The van der Waals surface area contributed by atoms with Crippen molar-refractivity contribution in [1.82, 2.24) is 36.8 Å². The molecular weight excluding hydrogens is 890 g/mol. The van der Waals surface area contributed by atoms with Crippen molar-refractivity contribution in [3.05, 3.63) is 71.3 Å². The molecule has 0 spiro atoms. The van der Waals surface area contributed by atoms with Gasteiger partial charge in [-0.05, 0) is 55.7 Å². The molecule has 0 heterocycles. The van der Waals surface area contributed by atoms with Crippen LogP contribution in [0.3, 0.4) is 0 Å². The van der Waals surface area contributed by atoms with Gasteiger partial charge in [0.15, 0.2) is 34.5 Å². The van der Waals surface area contributed by atoms with E-state index in [2.05, 4.69) is 31.9 Å². The zero-order chi connectivity index (χ0) is 49.8. The molecule has 0 fully saturated rings. The van der Waals surface area contributed by atoms with Gasteiger partial charge in [0.1, 0.15) is 18.1 Å². The number of nitrogens with one attached hydrogen (secondary N) is 6. The Bertz CT molecular complexity index is 2060. The topological polar surface area (TPSA) is 411 Å². The lowest BCUT2D eigenvalue weighted by Gasteiger charge is -2.25. The van der Waals surface area contributed by atoms with E-state index in [9.17, 15) is 89.1 Å². The van der Waals surface area contributed by atoms with Crippen molar-refractivity contribution in [1.29, 1.82) is 0 Å². The predicted octanol–water partition coefficient (Wildman–Crippen LogP) is -1.14. The molecular formula is C42H51N7O18. The number of carboxylic acid groups (broad SMARTS) is 3. The van der Waals surface area contributed by atoms with Gasteiger partial charge < -0.3 is 77.9 Å². The molecule has 15 N–H and O–H groups in total. The molecule has 0 radical (unpaired) electrons. The number of phenols is 6. The number of para-hydroxylation sites is 3. The minimum absolute atomic E-state index is 0.0731. The zero-order valence-electron chi connectivity index (χ0n) is 35.6. The molecule has 6 amide bonds. The smallest absolute Gasteiger partial charge is 0.303 e. The largest absolute Gasteiger partial charge is 0.504 e. The highest BCUT2D eigenvalue weighted by Crippen LogP contribution is 2.30. The molecule has 25 heteroatoms. The van der Waals surface area contributed by atoms with Crippen molar-refractivity contribution in [3.8, 4) is 34.5 Å². The number of aromatic hydroxyl groups is 6. The number of nitrogens with zero attached hydrogens (tertiary/aromatic N) is 1. The maximum atomic E-state index is 13.3. The number of aliphatic carboxylic acids is 3. The highest BCUT2D eigenvalue weighted by atomic mass is 16.4. The van der Waals surface area contributed by atoms with Gasteiger partial charge in [0.05, 0.1) is 16.7 Å². The van der Waals surface area contributed by atoms with Gasteiger partial charge in [-0.1, -0.05) is 18.2 Å². The van der Waals surface area contributed by atoms with E-state index < -0.39 is 161 Å². The minimum atomic E-state index is -1.46. The molecule has 3 aromatic carbocycles. The molecule has 3 atom stereocenters. The van der Waals surface area contributed by atoms with Gasteiger partial charge in [0, 0.05) is 58.5 Å². The zero-order valence-corrected chi connectivity index (χ0v) is 35.6. The Morgan fingerprint density at radius 3 is 0.910 bits per heavy atom. The maximum Gasteiger partial charge on any atom is 0.303 e. The van der Waals surface area contributed by atoms with E-state index in [4.69, 9.17) is 0 Å². The molecule has 3 aromatic rings. The third-order valence-corrected chi connectivity index (χ3v) is 9.77. The van der Waals surface area contributed by atoms with Crippen LogP contribution in [0.5, 0.6) is 34.5 Å². The maximum absolute atomic E-state index is 13.3. The second kappa shape index (κ2) is 25.8. The first-order valence-electron chi connectivity index (χ1n) is 20.4. The number of benzene rings is 3. The Labute approximate surface area is 380 Å². The second-order valence-corrected chi connectivity index (χ2v) is 14.6. The first-order chi connectivity index (χ1) is 31.7. The van der Waals surface area contributed by atoms with Crippen LogP contribution < -0.4 is 31.9 Å². The van der Waals surface area contributed by atoms with Crippen LogP contribution in [0.15, 0.2) is 54.6 Å². The van der Waals surface area contributed by atoms with E-state index in [-0.39, 0.29) is 39.3 Å². The van der Waals surface area contributed by atoms with Crippen molar-refractivity contribution in [2.45, 2.75) is 56.7 Å². The number of carbonyl (C=O) groups is 9. The summed E-state index contributed by atoms with van der Waals surface area (Å²) in [6.45, 7) is -0.865. The fourth-order valence-corrected chi connectivity index (χ4v) is 6.18. The Morgan fingerprint density at radius 1 is 0.418 bits per heavy atom. The molecule has 362 valence electrons. The third-order valence-electron chi connectivity index (χ3n) is 9.77. The summed E-state index contributed by atoms with van der Waals surface area (Å²) in [7, 11) is 0. The predicted molar refractivity (Wildman–Crippen MR) is 229 cm³/mol. The van der Waals surface area contributed by atoms with Gasteiger partial charge >= 0.3 is 17.9 Å². The normalized spacial score (nSPS) is 12.1. The summed E-state index contributed by atoms with van der Waals surface area (Å²) in [4.78, 5) is 114. The van der Waals surface area contributed by atoms with Crippen LogP contribution in [0.4, 0.5) is 0 Å². The molecule has 0 bridgehead atoms. The molecule has 0 aromatic heterocycles. The Balaban J connectivity index is 1.77. The summed E-state index contributed by atoms with van der Waals surface area (Å²) in [5.41, 5.74) is -1.23. The fourth-order valence-electron chi connectivity index (χ4n) is 6.18. The van der Waals surface area contributed by atoms with Crippen LogP contribution >= 0.6 is 0 Å². The number of hydrogen-bond acceptors (Lipinski definition) is 16. The van der Waals surface area contributed by atoms with Gasteiger partial charge in [0.2, 0.25) is 17.7 Å². The van der Waals surface area contributed by atoms with Crippen molar-refractivity contribution in [2.75, 3.05) is 39.3 Å². The van der Waals surface area contributed by atoms with E-state index in [1.807, 2.05) is 0 Å². The number of carbonyl (C=O) groups excluding carboxylic acids is 6. The summed E-state index contributed by atoms with van der Waals surface area (Å²) < 4.78 is 0. The molecule has 25 nitrogen and oxygen atoms in total. The first-order valence-corrected chi connectivity index (χ1v) is 20.4. The number of amides is 6. The number of phenolic OH excluding ortho intramolecular Hbond substituents is 6. The number of hydrogen-bond donors (Lipinski definition) is 15. The third kappa shape index (κ3) is 16.9. The Kier molecular flexibility index (Phi) is 20.4. The average molecular weight is 942 g/mol. The molecule has 3 unspecified atom stereocenters. The monoisotopic (exact) mass is 941 g/mol. The van der Waals surface area contributed by atoms with Gasteiger partial charge in [0.25, 0.3) is 17.7 Å². The Morgan fingerprint density at radius 2 is 0.672 bits per heavy atom. The second-order valence-electron chi connectivity index (χ2n) is 14.6. The molecule has 67 heavy (non-hydrogen) atoms. The van der Waals surface area contributed by atoms with E-state index in [0.29, 0.717) is 0 Å². The quantitative estimate of drug-likeness (QED) is 0.0402. The highest BCUT2D eigenvalue weighted by molar-refractivity contribution is 6.02. The molecule has 0 saturated heterocycles. The summed E-state index contributed by atoms with van der Waals surface area (Å²) in [6, 6.07) is 6.12. The molecule has 0 aliphatic carbocycles. The van der Waals surface area contributed by atoms with Crippen molar-refractivity contribution in [2.24, 2.45) is 0 Å². The van der Waals surface area contributed by atoms with Crippen LogP contribution in [0.1, 0.15) is 69.6 Å². The lowest BCUT2D eigenvalue weighted by molar-refractivity contribution is -0.138. The molecule has 0 saturated carbocycles.